The molecule has 0 unspecified atom stereocenters. The summed E-state index contributed by atoms with van der Waals surface area (Å²) in [7, 11) is 2.25. The van der Waals surface area contributed by atoms with E-state index in [1.54, 1.807) is 0 Å². The second-order valence-electron chi connectivity index (χ2n) is 4.57. The summed E-state index contributed by atoms with van der Waals surface area (Å²) in [6, 6.07) is 4.98. The minimum Gasteiger partial charge on any atom is -0.317 e. The summed E-state index contributed by atoms with van der Waals surface area (Å²) in [5.41, 5.74) is 1.38. The first-order valence-electron chi connectivity index (χ1n) is 6.16. The summed E-state index contributed by atoms with van der Waals surface area (Å²) < 4.78 is 0. The van der Waals surface area contributed by atoms with Gasteiger partial charge in [0.1, 0.15) is 0 Å². The molecule has 3 nitrogen and oxygen atoms in total. The SMILES string of the molecule is CN(CCc1ccncc1)C1CCNCC1. The molecule has 16 heavy (non-hydrogen) atoms. The highest BCUT2D eigenvalue weighted by atomic mass is 15.1. The highest BCUT2D eigenvalue weighted by molar-refractivity contribution is 5.09. The third kappa shape index (κ3) is 3.29. The van der Waals surface area contributed by atoms with Crippen LogP contribution in [0.15, 0.2) is 24.5 Å². The van der Waals surface area contributed by atoms with Gasteiger partial charge in [-0.2, -0.15) is 0 Å². The molecule has 0 bridgehead atoms. The molecule has 1 aromatic rings. The largest absolute Gasteiger partial charge is 0.317 e. The number of nitrogens with zero attached hydrogens (tertiary/aromatic N) is 2. The monoisotopic (exact) mass is 219 g/mol. The van der Waals surface area contributed by atoms with Crippen LogP contribution in [0.4, 0.5) is 0 Å². The summed E-state index contributed by atoms with van der Waals surface area (Å²) in [5, 5.41) is 3.41. The van der Waals surface area contributed by atoms with Gasteiger partial charge in [0.25, 0.3) is 0 Å². The molecule has 1 aliphatic rings. The average molecular weight is 219 g/mol. The lowest BCUT2D eigenvalue weighted by molar-refractivity contribution is 0.201. The molecule has 2 rings (SSSR count). The van der Waals surface area contributed by atoms with Crippen molar-refractivity contribution in [2.75, 3.05) is 26.7 Å². The van der Waals surface area contributed by atoms with E-state index >= 15 is 0 Å². The summed E-state index contributed by atoms with van der Waals surface area (Å²) in [6.07, 6.45) is 7.45. The van der Waals surface area contributed by atoms with Gasteiger partial charge in [0.15, 0.2) is 0 Å². The van der Waals surface area contributed by atoms with Crippen LogP contribution in [0.25, 0.3) is 0 Å². The van der Waals surface area contributed by atoms with Crippen LogP contribution >= 0.6 is 0 Å². The molecule has 1 aromatic heterocycles. The number of piperidine rings is 1. The van der Waals surface area contributed by atoms with Crippen LogP contribution in [-0.2, 0) is 6.42 Å². The Morgan fingerprint density at radius 2 is 2.00 bits per heavy atom. The normalized spacial score (nSPS) is 17.9. The van der Waals surface area contributed by atoms with Crippen LogP contribution in [0.1, 0.15) is 18.4 Å². The molecule has 1 N–H and O–H groups in total. The van der Waals surface area contributed by atoms with Gasteiger partial charge in [-0.3, -0.25) is 4.98 Å². The van der Waals surface area contributed by atoms with E-state index in [1.165, 1.54) is 31.5 Å². The molecule has 0 aliphatic carbocycles. The highest BCUT2D eigenvalue weighted by Gasteiger charge is 2.16. The molecule has 0 amide bonds. The van der Waals surface area contributed by atoms with E-state index in [2.05, 4.69) is 34.4 Å². The lowest BCUT2D eigenvalue weighted by Crippen LogP contribution is -2.41. The molecule has 0 radical (unpaired) electrons. The van der Waals surface area contributed by atoms with Crippen molar-refractivity contribution in [1.29, 1.82) is 0 Å². The molecule has 0 aromatic carbocycles. The zero-order valence-electron chi connectivity index (χ0n) is 10.0. The maximum atomic E-state index is 4.04. The minimum atomic E-state index is 0.767. The summed E-state index contributed by atoms with van der Waals surface area (Å²) in [4.78, 5) is 6.54. The van der Waals surface area contributed by atoms with Gasteiger partial charge in [0.05, 0.1) is 0 Å². The van der Waals surface area contributed by atoms with Gasteiger partial charge in [-0.1, -0.05) is 0 Å². The standard InChI is InChI=1S/C13H21N3/c1-16(13-4-9-15-10-5-13)11-6-12-2-7-14-8-3-12/h2-3,7-8,13,15H,4-6,9-11H2,1H3. The smallest absolute Gasteiger partial charge is 0.0270 e. The van der Waals surface area contributed by atoms with Gasteiger partial charge in [-0.15, -0.1) is 0 Å². The predicted molar refractivity (Wildman–Crippen MR) is 66.5 cm³/mol. The van der Waals surface area contributed by atoms with E-state index in [-0.39, 0.29) is 0 Å². The molecule has 88 valence electrons. The quantitative estimate of drug-likeness (QED) is 0.827. The van der Waals surface area contributed by atoms with E-state index in [0.717, 1.165) is 19.0 Å². The van der Waals surface area contributed by atoms with Crippen molar-refractivity contribution < 1.29 is 0 Å². The zero-order chi connectivity index (χ0) is 11.2. The maximum Gasteiger partial charge on any atom is 0.0270 e. The van der Waals surface area contributed by atoms with Gasteiger partial charge < -0.3 is 10.2 Å². The molecule has 1 aliphatic heterocycles. The van der Waals surface area contributed by atoms with Crippen molar-refractivity contribution in [1.82, 2.24) is 15.2 Å². The third-order valence-electron chi connectivity index (χ3n) is 3.43. The van der Waals surface area contributed by atoms with Gasteiger partial charge in [-0.25, -0.2) is 0 Å². The Hall–Kier alpha value is -0.930. The van der Waals surface area contributed by atoms with Crippen molar-refractivity contribution in [3.8, 4) is 0 Å². The van der Waals surface area contributed by atoms with Gasteiger partial charge in [0, 0.05) is 25.0 Å². The van der Waals surface area contributed by atoms with Gasteiger partial charge in [-0.05, 0) is 57.1 Å². The number of aromatic nitrogens is 1. The zero-order valence-corrected chi connectivity index (χ0v) is 10.0. The number of nitrogens with one attached hydrogen (secondary N) is 1. The Morgan fingerprint density at radius 3 is 2.69 bits per heavy atom. The highest BCUT2D eigenvalue weighted by Crippen LogP contribution is 2.10. The van der Waals surface area contributed by atoms with Crippen LogP contribution in [0, 0.1) is 0 Å². The molecular weight excluding hydrogens is 198 g/mol. The van der Waals surface area contributed by atoms with E-state index in [1.807, 2.05) is 12.4 Å². The number of hydrogen-bond donors (Lipinski definition) is 1. The van der Waals surface area contributed by atoms with Gasteiger partial charge >= 0.3 is 0 Å². The molecule has 2 heterocycles. The Balaban J connectivity index is 1.76. The molecule has 3 heteroatoms. The number of likely N-dealkylation sites (N-methyl/N-ethyl adjacent to an activating group) is 1. The van der Waals surface area contributed by atoms with E-state index < -0.39 is 0 Å². The first kappa shape index (κ1) is 11.6. The fourth-order valence-electron chi connectivity index (χ4n) is 2.28. The fraction of sp³-hybridized carbons (Fsp3) is 0.615. The fourth-order valence-corrected chi connectivity index (χ4v) is 2.28. The third-order valence-corrected chi connectivity index (χ3v) is 3.43. The first-order valence-corrected chi connectivity index (χ1v) is 6.16. The molecule has 1 saturated heterocycles. The van der Waals surface area contributed by atoms with Crippen molar-refractivity contribution in [3.05, 3.63) is 30.1 Å². The summed E-state index contributed by atoms with van der Waals surface area (Å²) in [6.45, 7) is 3.49. The molecule has 0 saturated carbocycles. The molecule has 0 spiro atoms. The Labute approximate surface area is 97.9 Å². The molecule has 0 atom stereocenters. The van der Waals surface area contributed by atoms with Crippen molar-refractivity contribution in [2.45, 2.75) is 25.3 Å². The average Bonchev–Trinajstić information content (AvgIpc) is 2.38. The first-order chi connectivity index (χ1) is 7.86. The second kappa shape index (κ2) is 5.97. The topological polar surface area (TPSA) is 28.2 Å². The number of pyridine rings is 1. The van der Waals surface area contributed by atoms with Gasteiger partial charge in [0.2, 0.25) is 0 Å². The minimum absolute atomic E-state index is 0.767. The van der Waals surface area contributed by atoms with Crippen molar-refractivity contribution in [3.63, 3.8) is 0 Å². The Morgan fingerprint density at radius 1 is 1.31 bits per heavy atom. The summed E-state index contributed by atoms with van der Waals surface area (Å²) >= 11 is 0. The van der Waals surface area contributed by atoms with E-state index in [0.29, 0.717) is 0 Å². The van der Waals surface area contributed by atoms with Crippen LogP contribution < -0.4 is 5.32 Å². The summed E-state index contributed by atoms with van der Waals surface area (Å²) in [5.74, 6) is 0. The Kier molecular flexibility index (Phi) is 4.31. The van der Waals surface area contributed by atoms with Crippen LogP contribution in [0.3, 0.4) is 0 Å². The van der Waals surface area contributed by atoms with Crippen LogP contribution in [-0.4, -0.2) is 42.6 Å². The molecule has 1 fully saturated rings. The van der Waals surface area contributed by atoms with E-state index in [4.69, 9.17) is 0 Å². The van der Waals surface area contributed by atoms with E-state index in [9.17, 15) is 0 Å². The van der Waals surface area contributed by atoms with Crippen molar-refractivity contribution in [2.24, 2.45) is 0 Å². The second-order valence-corrected chi connectivity index (χ2v) is 4.57. The number of hydrogen-bond acceptors (Lipinski definition) is 3. The lowest BCUT2D eigenvalue weighted by atomic mass is 10.0. The predicted octanol–water partition coefficient (Wildman–Crippen LogP) is 1.31. The maximum absolute atomic E-state index is 4.04. The van der Waals surface area contributed by atoms with Crippen molar-refractivity contribution >= 4 is 0 Å². The Bertz CT molecular complexity index is 293. The lowest BCUT2D eigenvalue weighted by Gasteiger charge is -2.31. The molecular formula is C13H21N3. The number of rotatable bonds is 4. The van der Waals surface area contributed by atoms with Crippen LogP contribution in [0.5, 0.6) is 0 Å². The van der Waals surface area contributed by atoms with Crippen LogP contribution in [0.2, 0.25) is 0 Å².